The van der Waals surface area contributed by atoms with Crippen LogP contribution < -0.4 is 5.32 Å². The molecule has 130 valence electrons. The van der Waals surface area contributed by atoms with Crippen molar-refractivity contribution in [2.75, 3.05) is 5.32 Å². The summed E-state index contributed by atoms with van der Waals surface area (Å²) in [6.45, 7) is 1.68. The summed E-state index contributed by atoms with van der Waals surface area (Å²) in [7, 11) is 0. The van der Waals surface area contributed by atoms with Crippen molar-refractivity contribution in [1.29, 1.82) is 0 Å². The van der Waals surface area contributed by atoms with E-state index in [2.05, 4.69) is 15.5 Å². The van der Waals surface area contributed by atoms with E-state index >= 15 is 0 Å². The average Bonchev–Trinajstić information content (AvgIpc) is 3.06. The zero-order valence-electron chi connectivity index (χ0n) is 14.4. The summed E-state index contributed by atoms with van der Waals surface area (Å²) in [6.07, 6.45) is 4.09. The third-order valence-electron chi connectivity index (χ3n) is 4.79. The molecule has 25 heavy (non-hydrogen) atoms. The predicted octanol–water partition coefficient (Wildman–Crippen LogP) is 3.21. The molecule has 2 atom stereocenters. The zero-order chi connectivity index (χ0) is 17.6. The lowest BCUT2D eigenvalue weighted by Gasteiger charge is -2.09. The molecule has 2 unspecified atom stereocenters. The topological polar surface area (TPSA) is 72.0 Å². The molecular formula is C20H23N3O2. The highest BCUT2D eigenvalue weighted by Crippen LogP contribution is 2.33. The molecule has 1 aromatic carbocycles. The number of amides is 1. The van der Waals surface area contributed by atoms with Gasteiger partial charge in [0.1, 0.15) is 5.78 Å². The normalized spacial score (nSPS) is 19.6. The van der Waals surface area contributed by atoms with Gasteiger partial charge in [-0.3, -0.25) is 9.59 Å². The van der Waals surface area contributed by atoms with E-state index in [9.17, 15) is 9.59 Å². The number of para-hydroxylation sites is 1. The number of carbonyl (C=O) groups excluding carboxylic acids is 2. The van der Waals surface area contributed by atoms with Gasteiger partial charge in [-0.15, -0.1) is 0 Å². The maximum Gasteiger partial charge on any atom is 0.230 e. The van der Waals surface area contributed by atoms with E-state index in [4.69, 9.17) is 0 Å². The second kappa shape index (κ2) is 8.01. The molecule has 0 spiro atoms. The van der Waals surface area contributed by atoms with Crippen LogP contribution in [0.1, 0.15) is 37.6 Å². The van der Waals surface area contributed by atoms with Crippen LogP contribution in [0.25, 0.3) is 0 Å². The van der Waals surface area contributed by atoms with Crippen molar-refractivity contribution in [3.63, 3.8) is 0 Å². The smallest absolute Gasteiger partial charge is 0.230 e. The highest BCUT2D eigenvalue weighted by atomic mass is 16.1. The van der Waals surface area contributed by atoms with E-state index in [0.717, 1.165) is 37.1 Å². The minimum Gasteiger partial charge on any atom is -0.326 e. The molecule has 1 saturated carbocycles. The Balaban J connectivity index is 1.50. The van der Waals surface area contributed by atoms with Gasteiger partial charge >= 0.3 is 0 Å². The number of ketones is 1. The first-order chi connectivity index (χ1) is 12.1. The van der Waals surface area contributed by atoms with Crippen LogP contribution in [-0.4, -0.2) is 21.9 Å². The van der Waals surface area contributed by atoms with Crippen molar-refractivity contribution in [3.05, 3.63) is 53.9 Å². The maximum absolute atomic E-state index is 12.0. The first kappa shape index (κ1) is 17.3. The molecule has 3 rings (SSSR count). The first-order valence-electron chi connectivity index (χ1n) is 8.77. The number of hydrogen-bond donors (Lipinski definition) is 1. The minimum absolute atomic E-state index is 0.103. The van der Waals surface area contributed by atoms with E-state index in [0.29, 0.717) is 17.4 Å². The van der Waals surface area contributed by atoms with E-state index in [1.54, 1.807) is 6.92 Å². The summed E-state index contributed by atoms with van der Waals surface area (Å²) in [5.41, 5.74) is 2.37. The fraction of sp³-hybridized carbons (Fsp3) is 0.400. The van der Waals surface area contributed by atoms with Crippen LogP contribution >= 0.6 is 0 Å². The van der Waals surface area contributed by atoms with Gasteiger partial charge in [-0.25, -0.2) is 0 Å². The molecular weight excluding hydrogens is 314 g/mol. The molecule has 1 fully saturated rings. The van der Waals surface area contributed by atoms with E-state index in [1.807, 2.05) is 42.5 Å². The van der Waals surface area contributed by atoms with Crippen molar-refractivity contribution >= 4 is 17.4 Å². The van der Waals surface area contributed by atoms with Crippen LogP contribution in [-0.2, 0) is 22.4 Å². The molecule has 1 N–H and O–H groups in total. The number of Topliss-reactive ketones (excluding diaryl/α,β-unsaturated/α-hetero) is 1. The number of benzene rings is 1. The summed E-state index contributed by atoms with van der Waals surface area (Å²) < 4.78 is 0. The van der Waals surface area contributed by atoms with Gasteiger partial charge in [0.15, 0.2) is 0 Å². The van der Waals surface area contributed by atoms with Crippen molar-refractivity contribution in [2.24, 2.45) is 11.8 Å². The second-order valence-electron chi connectivity index (χ2n) is 6.80. The van der Waals surface area contributed by atoms with Crippen molar-refractivity contribution in [1.82, 2.24) is 10.2 Å². The monoisotopic (exact) mass is 337 g/mol. The summed E-state index contributed by atoms with van der Waals surface area (Å²) in [5, 5.41) is 11.3. The fourth-order valence-corrected chi connectivity index (χ4v) is 3.41. The van der Waals surface area contributed by atoms with Crippen LogP contribution in [0, 0.1) is 11.8 Å². The molecule has 5 heteroatoms. The molecule has 0 bridgehead atoms. The molecule has 1 aromatic heterocycles. The zero-order valence-corrected chi connectivity index (χ0v) is 14.4. The van der Waals surface area contributed by atoms with Gasteiger partial charge in [-0.2, -0.15) is 10.2 Å². The molecule has 1 aliphatic carbocycles. The van der Waals surface area contributed by atoms with Gasteiger partial charge < -0.3 is 5.32 Å². The average molecular weight is 337 g/mol. The van der Waals surface area contributed by atoms with Gasteiger partial charge in [0.2, 0.25) is 5.91 Å². The third-order valence-corrected chi connectivity index (χ3v) is 4.79. The Morgan fingerprint density at radius 3 is 2.40 bits per heavy atom. The van der Waals surface area contributed by atoms with Crippen LogP contribution in [0.15, 0.2) is 42.5 Å². The maximum atomic E-state index is 12.0. The fourth-order valence-electron chi connectivity index (χ4n) is 3.41. The highest BCUT2D eigenvalue weighted by Gasteiger charge is 2.27. The van der Waals surface area contributed by atoms with Gasteiger partial charge in [0, 0.05) is 11.6 Å². The van der Waals surface area contributed by atoms with Gasteiger partial charge in [0.05, 0.1) is 17.8 Å². The second-order valence-corrected chi connectivity index (χ2v) is 6.80. The third kappa shape index (κ3) is 4.95. The van der Waals surface area contributed by atoms with Gasteiger partial charge in [-0.1, -0.05) is 18.2 Å². The Morgan fingerprint density at radius 1 is 1.04 bits per heavy atom. The largest absolute Gasteiger partial charge is 0.326 e. The molecule has 0 aliphatic heterocycles. The Morgan fingerprint density at radius 2 is 1.76 bits per heavy atom. The van der Waals surface area contributed by atoms with Crippen LogP contribution in [0.5, 0.6) is 0 Å². The lowest BCUT2D eigenvalue weighted by atomic mass is 9.98. The van der Waals surface area contributed by atoms with E-state index in [1.165, 1.54) is 0 Å². The molecule has 1 aliphatic rings. The predicted molar refractivity (Wildman–Crippen MR) is 96.0 cm³/mol. The van der Waals surface area contributed by atoms with Crippen molar-refractivity contribution in [3.8, 4) is 0 Å². The quantitative estimate of drug-likeness (QED) is 0.878. The Kier molecular flexibility index (Phi) is 5.53. The Hall–Kier alpha value is -2.56. The highest BCUT2D eigenvalue weighted by molar-refractivity contribution is 5.91. The molecule has 2 aromatic rings. The summed E-state index contributed by atoms with van der Waals surface area (Å²) >= 11 is 0. The van der Waals surface area contributed by atoms with Crippen LogP contribution in [0.2, 0.25) is 0 Å². The SMILES string of the molecule is CC(=O)C1CCC(Cc2ccc(CC(=O)Nc3ccccc3)nn2)C1. The summed E-state index contributed by atoms with van der Waals surface area (Å²) in [4.78, 5) is 23.5. The Labute approximate surface area is 147 Å². The molecule has 0 saturated heterocycles. The summed E-state index contributed by atoms with van der Waals surface area (Å²) in [6, 6.07) is 13.2. The molecule has 5 nitrogen and oxygen atoms in total. The van der Waals surface area contributed by atoms with E-state index in [-0.39, 0.29) is 18.2 Å². The van der Waals surface area contributed by atoms with Gasteiger partial charge in [-0.05, 0) is 62.8 Å². The number of carbonyl (C=O) groups is 2. The van der Waals surface area contributed by atoms with Crippen molar-refractivity contribution in [2.45, 2.75) is 39.0 Å². The molecule has 1 heterocycles. The molecule has 1 amide bonds. The van der Waals surface area contributed by atoms with Crippen LogP contribution in [0.4, 0.5) is 5.69 Å². The number of nitrogens with zero attached hydrogens (tertiary/aromatic N) is 2. The molecule has 0 radical (unpaired) electrons. The number of aromatic nitrogens is 2. The first-order valence-corrected chi connectivity index (χ1v) is 8.77. The van der Waals surface area contributed by atoms with Gasteiger partial charge in [0.25, 0.3) is 0 Å². The van der Waals surface area contributed by atoms with Crippen LogP contribution in [0.3, 0.4) is 0 Å². The number of anilines is 1. The minimum atomic E-state index is -0.103. The lowest BCUT2D eigenvalue weighted by molar-refractivity contribution is -0.120. The standard InChI is InChI=1S/C20H23N3O2/c1-14(24)16-8-7-15(11-16)12-18-9-10-19(23-22-18)13-20(25)21-17-5-3-2-4-6-17/h2-6,9-10,15-16H,7-8,11-13H2,1H3,(H,21,25). The summed E-state index contributed by atoms with van der Waals surface area (Å²) in [5.74, 6) is 0.927. The number of nitrogens with one attached hydrogen (secondary N) is 1. The number of rotatable bonds is 6. The lowest BCUT2D eigenvalue weighted by Crippen LogP contribution is -2.15. The number of hydrogen-bond acceptors (Lipinski definition) is 4. The Bertz CT molecular complexity index is 728. The van der Waals surface area contributed by atoms with E-state index < -0.39 is 0 Å². The van der Waals surface area contributed by atoms with Crippen molar-refractivity contribution < 1.29 is 9.59 Å².